The van der Waals surface area contributed by atoms with Crippen molar-refractivity contribution in [3.63, 3.8) is 0 Å². The minimum absolute atomic E-state index is 0.212. The number of alkyl carbamates (subject to hydrolysis) is 1. The van der Waals surface area contributed by atoms with E-state index in [1.807, 2.05) is 24.3 Å². The highest BCUT2D eigenvalue weighted by molar-refractivity contribution is 5.67. The average molecular weight is 312 g/mol. The highest BCUT2D eigenvalue weighted by Gasteiger charge is 2.02. The maximum atomic E-state index is 11.5. The first-order valence-corrected chi connectivity index (χ1v) is 7.15. The fourth-order valence-corrected chi connectivity index (χ4v) is 1.55. The van der Waals surface area contributed by atoms with Crippen LogP contribution >= 0.6 is 0 Å². The van der Waals surface area contributed by atoms with Crippen molar-refractivity contribution in [1.82, 2.24) is 5.32 Å². The fraction of sp³-hybridized carbons (Fsp3) is 0.533. The van der Waals surface area contributed by atoms with Gasteiger partial charge in [0.2, 0.25) is 0 Å². The molecule has 1 aromatic rings. The first-order chi connectivity index (χ1) is 10.8. The van der Waals surface area contributed by atoms with Gasteiger partial charge in [-0.2, -0.15) is 0 Å². The molecule has 0 unspecified atom stereocenters. The standard InChI is InChI=1S/C15H24N2O5/c1-19-14-4-2-13(3-5-14)12-22-15(18)17-7-9-21-11-10-20-8-6-16/h2-5H,6-12,16H2,1H3,(H,17,18). The van der Waals surface area contributed by atoms with E-state index in [1.54, 1.807) is 7.11 Å². The summed E-state index contributed by atoms with van der Waals surface area (Å²) in [5.74, 6) is 0.765. The van der Waals surface area contributed by atoms with Crippen molar-refractivity contribution in [2.24, 2.45) is 5.73 Å². The second-order valence-corrected chi connectivity index (χ2v) is 4.36. The molecule has 1 rings (SSSR count). The van der Waals surface area contributed by atoms with Crippen molar-refractivity contribution >= 4 is 6.09 Å². The summed E-state index contributed by atoms with van der Waals surface area (Å²) >= 11 is 0. The van der Waals surface area contributed by atoms with E-state index in [1.165, 1.54) is 0 Å². The van der Waals surface area contributed by atoms with Gasteiger partial charge in [-0.05, 0) is 17.7 Å². The Balaban J connectivity index is 2.01. The van der Waals surface area contributed by atoms with Gasteiger partial charge in [0.05, 0.1) is 33.5 Å². The zero-order valence-corrected chi connectivity index (χ0v) is 12.9. The second kappa shape index (κ2) is 11.8. The van der Waals surface area contributed by atoms with Gasteiger partial charge in [-0.3, -0.25) is 0 Å². The number of ether oxygens (including phenoxy) is 4. The van der Waals surface area contributed by atoms with Crippen LogP contribution in [0.1, 0.15) is 5.56 Å². The van der Waals surface area contributed by atoms with Crippen molar-refractivity contribution in [2.75, 3.05) is 46.6 Å². The summed E-state index contributed by atoms with van der Waals surface area (Å²) < 4.78 is 20.5. The Morgan fingerprint density at radius 1 is 1.09 bits per heavy atom. The zero-order chi connectivity index (χ0) is 16.0. The van der Waals surface area contributed by atoms with Crippen molar-refractivity contribution < 1.29 is 23.7 Å². The predicted molar refractivity (Wildman–Crippen MR) is 81.9 cm³/mol. The number of carbonyl (C=O) groups is 1. The van der Waals surface area contributed by atoms with Crippen LogP contribution in [0.25, 0.3) is 0 Å². The maximum Gasteiger partial charge on any atom is 0.407 e. The third-order valence-corrected chi connectivity index (χ3v) is 2.68. The molecule has 0 aromatic heterocycles. The number of hydrogen-bond acceptors (Lipinski definition) is 6. The highest BCUT2D eigenvalue weighted by Crippen LogP contribution is 2.11. The molecule has 0 saturated heterocycles. The molecule has 0 atom stereocenters. The van der Waals surface area contributed by atoms with Crippen molar-refractivity contribution in [2.45, 2.75) is 6.61 Å². The summed E-state index contributed by atoms with van der Waals surface area (Å²) in [5, 5.41) is 2.61. The summed E-state index contributed by atoms with van der Waals surface area (Å²) in [4.78, 5) is 11.5. The number of nitrogens with two attached hydrogens (primary N) is 1. The molecule has 1 amide bonds. The first kappa shape index (κ1) is 18.2. The van der Waals surface area contributed by atoms with Crippen LogP contribution < -0.4 is 15.8 Å². The van der Waals surface area contributed by atoms with E-state index in [2.05, 4.69) is 5.32 Å². The number of rotatable bonds is 11. The Kier molecular flexibility index (Phi) is 9.76. The quantitative estimate of drug-likeness (QED) is 0.590. The molecule has 0 bridgehead atoms. The van der Waals surface area contributed by atoms with Crippen LogP contribution in [0.15, 0.2) is 24.3 Å². The SMILES string of the molecule is COc1ccc(COC(=O)NCCOCCOCCN)cc1. The lowest BCUT2D eigenvalue weighted by Crippen LogP contribution is -2.28. The van der Waals surface area contributed by atoms with Crippen LogP contribution in [-0.4, -0.2) is 52.7 Å². The third kappa shape index (κ3) is 8.46. The smallest absolute Gasteiger partial charge is 0.407 e. The van der Waals surface area contributed by atoms with Crippen LogP contribution in [0.3, 0.4) is 0 Å². The average Bonchev–Trinajstić information content (AvgIpc) is 2.56. The molecular weight excluding hydrogens is 288 g/mol. The molecule has 0 aliphatic rings. The van der Waals surface area contributed by atoms with Crippen LogP contribution in [0, 0.1) is 0 Å². The molecule has 0 saturated carbocycles. The summed E-state index contributed by atoms with van der Waals surface area (Å²) in [5.41, 5.74) is 6.17. The maximum absolute atomic E-state index is 11.5. The minimum atomic E-state index is -0.473. The number of amides is 1. The normalized spacial score (nSPS) is 10.3. The van der Waals surface area contributed by atoms with Gasteiger partial charge in [0.15, 0.2) is 0 Å². The van der Waals surface area contributed by atoms with E-state index in [9.17, 15) is 4.79 Å². The van der Waals surface area contributed by atoms with Gasteiger partial charge in [-0.1, -0.05) is 12.1 Å². The molecule has 22 heavy (non-hydrogen) atoms. The fourth-order valence-electron chi connectivity index (χ4n) is 1.55. The number of methoxy groups -OCH3 is 1. The van der Waals surface area contributed by atoms with E-state index in [4.69, 9.17) is 24.7 Å². The molecule has 124 valence electrons. The zero-order valence-electron chi connectivity index (χ0n) is 12.9. The van der Waals surface area contributed by atoms with Gasteiger partial charge in [0.1, 0.15) is 12.4 Å². The van der Waals surface area contributed by atoms with Crippen molar-refractivity contribution in [3.05, 3.63) is 29.8 Å². The minimum Gasteiger partial charge on any atom is -0.497 e. The molecule has 0 heterocycles. The summed E-state index contributed by atoms with van der Waals surface area (Å²) in [6, 6.07) is 7.32. The number of hydrogen-bond donors (Lipinski definition) is 2. The van der Waals surface area contributed by atoms with Gasteiger partial charge in [-0.25, -0.2) is 4.79 Å². The molecule has 0 aliphatic carbocycles. The van der Waals surface area contributed by atoms with Crippen molar-refractivity contribution in [1.29, 1.82) is 0 Å². The van der Waals surface area contributed by atoms with E-state index < -0.39 is 6.09 Å². The van der Waals surface area contributed by atoms with Crippen LogP contribution in [0.5, 0.6) is 5.75 Å². The monoisotopic (exact) mass is 312 g/mol. The Morgan fingerprint density at radius 2 is 1.77 bits per heavy atom. The molecule has 0 aliphatic heterocycles. The van der Waals surface area contributed by atoms with Crippen LogP contribution in [-0.2, 0) is 20.8 Å². The predicted octanol–water partition coefficient (Wildman–Crippen LogP) is 0.913. The summed E-state index contributed by atoms with van der Waals surface area (Å²) in [6.07, 6.45) is -0.473. The highest BCUT2D eigenvalue weighted by atomic mass is 16.5. The largest absolute Gasteiger partial charge is 0.497 e. The van der Waals surface area contributed by atoms with E-state index in [0.717, 1.165) is 11.3 Å². The van der Waals surface area contributed by atoms with Crippen LogP contribution in [0.4, 0.5) is 4.79 Å². The molecular formula is C15H24N2O5. The van der Waals surface area contributed by atoms with Crippen molar-refractivity contribution in [3.8, 4) is 5.75 Å². The molecule has 0 fully saturated rings. The molecule has 7 heteroatoms. The van der Waals surface area contributed by atoms with Gasteiger partial charge in [-0.15, -0.1) is 0 Å². The lowest BCUT2D eigenvalue weighted by molar-refractivity contribution is 0.0511. The number of nitrogens with one attached hydrogen (secondary N) is 1. The lowest BCUT2D eigenvalue weighted by atomic mass is 10.2. The third-order valence-electron chi connectivity index (χ3n) is 2.68. The van der Waals surface area contributed by atoms with Gasteiger partial charge in [0, 0.05) is 13.1 Å². The molecule has 0 radical (unpaired) electrons. The van der Waals surface area contributed by atoms with E-state index >= 15 is 0 Å². The Bertz CT molecular complexity index is 411. The number of carbonyl (C=O) groups excluding carboxylic acids is 1. The second-order valence-electron chi connectivity index (χ2n) is 4.36. The Labute approximate surface area is 130 Å². The number of benzene rings is 1. The van der Waals surface area contributed by atoms with Gasteiger partial charge in [0.25, 0.3) is 0 Å². The Morgan fingerprint density at radius 3 is 2.41 bits per heavy atom. The molecule has 1 aromatic carbocycles. The molecule has 3 N–H and O–H groups in total. The molecule has 0 spiro atoms. The van der Waals surface area contributed by atoms with Crippen LogP contribution in [0.2, 0.25) is 0 Å². The van der Waals surface area contributed by atoms with E-state index in [0.29, 0.717) is 39.5 Å². The summed E-state index contributed by atoms with van der Waals surface area (Å²) in [6.45, 7) is 3.01. The van der Waals surface area contributed by atoms with Gasteiger partial charge >= 0.3 is 6.09 Å². The van der Waals surface area contributed by atoms with Gasteiger partial charge < -0.3 is 30.0 Å². The Hall–Kier alpha value is -1.83. The molecule has 7 nitrogen and oxygen atoms in total. The van der Waals surface area contributed by atoms with E-state index in [-0.39, 0.29) is 6.61 Å². The summed E-state index contributed by atoms with van der Waals surface area (Å²) in [7, 11) is 1.60. The lowest BCUT2D eigenvalue weighted by Gasteiger charge is -2.08. The first-order valence-electron chi connectivity index (χ1n) is 7.15. The topological polar surface area (TPSA) is 92.0 Å².